The van der Waals surface area contributed by atoms with E-state index in [9.17, 15) is 5.11 Å². The van der Waals surface area contributed by atoms with E-state index in [2.05, 4.69) is 10.1 Å². The zero-order valence-corrected chi connectivity index (χ0v) is 11.2. The number of nitrogens with zero attached hydrogens (tertiary/aromatic N) is 3. The summed E-state index contributed by atoms with van der Waals surface area (Å²) in [7, 11) is 0. The fourth-order valence-electron chi connectivity index (χ4n) is 1.80. The fourth-order valence-corrected chi connectivity index (χ4v) is 1.80. The van der Waals surface area contributed by atoms with Gasteiger partial charge in [-0.3, -0.25) is 9.67 Å². The molecule has 2 aromatic heterocycles. The van der Waals surface area contributed by atoms with E-state index < -0.39 is 6.10 Å². The summed E-state index contributed by atoms with van der Waals surface area (Å²) in [5.41, 5.74) is 2.00. The summed E-state index contributed by atoms with van der Waals surface area (Å²) in [6.45, 7) is 4.62. The quantitative estimate of drug-likeness (QED) is 0.860. The standard InChI is InChI=1S/C14H19N3O2/c1-11(2)19-10-13(18)9-17-14(5-8-16-17)12-3-6-15-7-4-12/h3-8,11,13,18H,9-10H2,1-2H3. The molecule has 2 aromatic rings. The van der Waals surface area contributed by atoms with Gasteiger partial charge in [-0.05, 0) is 32.0 Å². The number of aliphatic hydroxyl groups is 1. The molecule has 0 spiro atoms. The largest absolute Gasteiger partial charge is 0.389 e. The molecular weight excluding hydrogens is 242 g/mol. The maximum absolute atomic E-state index is 9.94. The molecule has 1 unspecified atom stereocenters. The second kappa shape index (κ2) is 6.45. The highest BCUT2D eigenvalue weighted by atomic mass is 16.5. The van der Waals surface area contributed by atoms with E-state index >= 15 is 0 Å². The van der Waals surface area contributed by atoms with Crippen LogP contribution in [0.3, 0.4) is 0 Å². The Morgan fingerprint density at radius 1 is 1.21 bits per heavy atom. The Morgan fingerprint density at radius 3 is 2.63 bits per heavy atom. The van der Waals surface area contributed by atoms with E-state index in [0.717, 1.165) is 11.3 Å². The number of hydrogen-bond donors (Lipinski definition) is 1. The van der Waals surface area contributed by atoms with E-state index in [-0.39, 0.29) is 6.10 Å². The minimum atomic E-state index is -0.567. The summed E-state index contributed by atoms with van der Waals surface area (Å²) in [5.74, 6) is 0. The Labute approximate surface area is 112 Å². The zero-order chi connectivity index (χ0) is 13.7. The third-order valence-corrected chi connectivity index (χ3v) is 2.70. The van der Waals surface area contributed by atoms with Crippen molar-refractivity contribution < 1.29 is 9.84 Å². The average Bonchev–Trinajstić information content (AvgIpc) is 2.85. The maximum atomic E-state index is 9.94. The van der Waals surface area contributed by atoms with Gasteiger partial charge in [-0.1, -0.05) is 0 Å². The summed E-state index contributed by atoms with van der Waals surface area (Å²) < 4.78 is 7.18. The second-order valence-electron chi connectivity index (χ2n) is 4.67. The third-order valence-electron chi connectivity index (χ3n) is 2.70. The van der Waals surface area contributed by atoms with Crippen molar-refractivity contribution in [1.29, 1.82) is 0 Å². The molecule has 5 heteroatoms. The molecule has 0 fully saturated rings. The van der Waals surface area contributed by atoms with Crippen molar-refractivity contribution >= 4 is 0 Å². The van der Waals surface area contributed by atoms with E-state index in [1.54, 1.807) is 23.3 Å². The monoisotopic (exact) mass is 261 g/mol. The molecule has 0 saturated heterocycles. The van der Waals surface area contributed by atoms with Crippen molar-refractivity contribution in [3.8, 4) is 11.3 Å². The predicted molar refractivity (Wildman–Crippen MR) is 72.6 cm³/mol. The number of hydrogen-bond acceptors (Lipinski definition) is 4. The molecule has 19 heavy (non-hydrogen) atoms. The highest BCUT2D eigenvalue weighted by Gasteiger charge is 2.11. The molecule has 0 aromatic carbocycles. The molecule has 1 atom stereocenters. The summed E-state index contributed by atoms with van der Waals surface area (Å²) >= 11 is 0. The van der Waals surface area contributed by atoms with E-state index in [4.69, 9.17) is 4.74 Å². The molecule has 0 bridgehead atoms. The van der Waals surface area contributed by atoms with Gasteiger partial charge in [0.25, 0.3) is 0 Å². The molecule has 2 heterocycles. The topological polar surface area (TPSA) is 60.2 Å². The van der Waals surface area contributed by atoms with E-state index in [0.29, 0.717) is 13.2 Å². The Kier molecular flexibility index (Phi) is 4.65. The summed E-state index contributed by atoms with van der Waals surface area (Å²) in [6, 6.07) is 5.76. The van der Waals surface area contributed by atoms with Gasteiger partial charge in [-0.25, -0.2) is 0 Å². The lowest BCUT2D eigenvalue weighted by Gasteiger charge is -2.15. The van der Waals surface area contributed by atoms with Gasteiger partial charge in [0.1, 0.15) is 0 Å². The predicted octanol–water partition coefficient (Wildman–Crippen LogP) is 1.73. The van der Waals surface area contributed by atoms with Gasteiger partial charge in [0.15, 0.2) is 0 Å². The van der Waals surface area contributed by atoms with Crippen LogP contribution in [-0.4, -0.2) is 38.7 Å². The van der Waals surface area contributed by atoms with Gasteiger partial charge < -0.3 is 9.84 Å². The SMILES string of the molecule is CC(C)OCC(O)Cn1nccc1-c1ccncc1. The van der Waals surface area contributed by atoms with Crippen LogP contribution in [0.15, 0.2) is 36.8 Å². The summed E-state index contributed by atoms with van der Waals surface area (Å²) in [6.07, 6.45) is 4.76. The lowest BCUT2D eigenvalue weighted by Crippen LogP contribution is -2.24. The normalized spacial score (nSPS) is 12.8. The van der Waals surface area contributed by atoms with Crippen molar-refractivity contribution in [1.82, 2.24) is 14.8 Å². The Morgan fingerprint density at radius 2 is 1.95 bits per heavy atom. The van der Waals surface area contributed by atoms with Crippen LogP contribution in [0.5, 0.6) is 0 Å². The molecule has 0 aliphatic rings. The van der Waals surface area contributed by atoms with E-state index in [1.165, 1.54) is 0 Å². The van der Waals surface area contributed by atoms with Gasteiger partial charge in [0.2, 0.25) is 0 Å². The molecule has 0 saturated carbocycles. The molecule has 0 aliphatic heterocycles. The van der Waals surface area contributed by atoms with Gasteiger partial charge >= 0.3 is 0 Å². The maximum Gasteiger partial charge on any atom is 0.0969 e. The zero-order valence-electron chi connectivity index (χ0n) is 11.2. The first-order valence-electron chi connectivity index (χ1n) is 6.38. The van der Waals surface area contributed by atoms with Crippen LogP contribution in [0.2, 0.25) is 0 Å². The van der Waals surface area contributed by atoms with Gasteiger partial charge in [0.05, 0.1) is 31.1 Å². The fraction of sp³-hybridized carbons (Fsp3) is 0.429. The Balaban J connectivity index is 2.04. The molecule has 2 rings (SSSR count). The molecule has 0 radical (unpaired) electrons. The van der Waals surface area contributed by atoms with E-state index in [1.807, 2.05) is 32.0 Å². The molecule has 1 N–H and O–H groups in total. The molecule has 102 valence electrons. The lowest BCUT2D eigenvalue weighted by atomic mass is 10.2. The number of ether oxygens (including phenoxy) is 1. The van der Waals surface area contributed by atoms with Gasteiger partial charge in [0, 0.05) is 24.2 Å². The summed E-state index contributed by atoms with van der Waals surface area (Å²) in [4.78, 5) is 4.00. The van der Waals surface area contributed by atoms with Crippen LogP contribution >= 0.6 is 0 Å². The van der Waals surface area contributed by atoms with Crippen LogP contribution < -0.4 is 0 Å². The summed E-state index contributed by atoms with van der Waals surface area (Å²) in [5, 5.41) is 14.2. The number of aliphatic hydroxyl groups excluding tert-OH is 1. The van der Waals surface area contributed by atoms with Crippen molar-refractivity contribution in [3.63, 3.8) is 0 Å². The molecule has 0 aliphatic carbocycles. The number of rotatable bonds is 6. The van der Waals surface area contributed by atoms with Crippen LogP contribution in [-0.2, 0) is 11.3 Å². The minimum absolute atomic E-state index is 0.118. The van der Waals surface area contributed by atoms with Crippen LogP contribution in [0.4, 0.5) is 0 Å². The highest BCUT2D eigenvalue weighted by Crippen LogP contribution is 2.17. The van der Waals surface area contributed by atoms with Gasteiger partial charge in [-0.2, -0.15) is 5.10 Å². The number of pyridine rings is 1. The number of aromatic nitrogens is 3. The molecular formula is C14H19N3O2. The first-order chi connectivity index (χ1) is 9.16. The van der Waals surface area contributed by atoms with Crippen molar-refractivity contribution in [2.75, 3.05) is 6.61 Å². The first kappa shape index (κ1) is 13.7. The minimum Gasteiger partial charge on any atom is -0.389 e. The highest BCUT2D eigenvalue weighted by molar-refractivity contribution is 5.58. The van der Waals surface area contributed by atoms with Crippen LogP contribution in [0.25, 0.3) is 11.3 Å². The van der Waals surface area contributed by atoms with Gasteiger partial charge in [-0.15, -0.1) is 0 Å². The average molecular weight is 261 g/mol. The molecule has 0 amide bonds. The Hall–Kier alpha value is -1.72. The lowest BCUT2D eigenvalue weighted by molar-refractivity contribution is -0.00182. The smallest absolute Gasteiger partial charge is 0.0969 e. The molecule has 5 nitrogen and oxygen atoms in total. The first-order valence-corrected chi connectivity index (χ1v) is 6.38. The van der Waals surface area contributed by atoms with Crippen LogP contribution in [0.1, 0.15) is 13.8 Å². The van der Waals surface area contributed by atoms with Crippen LogP contribution in [0, 0.1) is 0 Å². The van der Waals surface area contributed by atoms with Crippen molar-refractivity contribution in [3.05, 3.63) is 36.8 Å². The second-order valence-corrected chi connectivity index (χ2v) is 4.67. The third kappa shape index (κ3) is 3.87. The van der Waals surface area contributed by atoms with Crippen molar-refractivity contribution in [2.45, 2.75) is 32.6 Å². The Bertz CT molecular complexity index is 496. The van der Waals surface area contributed by atoms with Crippen molar-refractivity contribution in [2.24, 2.45) is 0 Å².